The molecule has 0 N–H and O–H groups in total. The Morgan fingerprint density at radius 3 is 2.60 bits per heavy atom. The van der Waals surface area contributed by atoms with Crippen molar-refractivity contribution in [2.75, 3.05) is 12.0 Å². The van der Waals surface area contributed by atoms with Crippen molar-refractivity contribution < 1.29 is 17.6 Å². The van der Waals surface area contributed by atoms with E-state index in [0.29, 0.717) is 0 Å². The Labute approximate surface area is 95.3 Å². The maximum atomic E-state index is 13.0. The number of hydrogen-bond donors (Lipinski definition) is 0. The summed E-state index contributed by atoms with van der Waals surface area (Å²) < 4.78 is 34.8. The van der Waals surface area contributed by atoms with E-state index in [1.54, 1.807) is 0 Å². The van der Waals surface area contributed by atoms with Crippen LogP contribution >= 0.6 is 15.9 Å². The van der Waals surface area contributed by atoms with Gasteiger partial charge in [0, 0.05) is 11.8 Å². The molecule has 1 rings (SSSR count). The van der Waals surface area contributed by atoms with Crippen LogP contribution in [0.2, 0.25) is 0 Å². The molecule has 0 spiro atoms. The minimum absolute atomic E-state index is 0.00125. The van der Waals surface area contributed by atoms with Gasteiger partial charge in [0.05, 0.1) is 4.47 Å². The number of hydrogen-bond acceptors (Lipinski definition) is 3. The fraction of sp³-hybridized carbons (Fsp3) is 0.222. The zero-order valence-electron chi connectivity index (χ0n) is 7.83. The van der Waals surface area contributed by atoms with Gasteiger partial charge in [-0.25, -0.2) is 12.8 Å². The van der Waals surface area contributed by atoms with Crippen molar-refractivity contribution in [3.05, 3.63) is 34.1 Å². The first-order valence-electron chi connectivity index (χ1n) is 3.96. The second-order valence-corrected chi connectivity index (χ2v) is 6.03. The number of Topliss-reactive ketones (excluding diaryl/α,β-unsaturated/α-hetero) is 1. The third-order valence-electron chi connectivity index (χ3n) is 1.65. The van der Waals surface area contributed by atoms with E-state index in [1.807, 2.05) is 0 Å². The molecule has 0 aliphatic carbocycles. The highest BCUT2D eigenvalue weighted by Crippen LogP contribution is 2.21. The Balaban J connectivity index is 3.08. The summed E-state index contributed by atoms with van der Waals surface area (Å²) in [7, 11) is -3.39. The standard InChI is InChI=1S/C9H8BrFO3S/c1-15(13,14)5-8(12)6-3-2-4-7(11)9(6)10/h2-4H,5H2,1H3. The lowest BCUT2D eigenvalue weighted by Crippen LogP contribution is -2.15. The van der Waals surface area contributed by atoms with Crippen LogP contribution in [-0.2, 0) is 9.84 Å². The maximum Gasteiger partial charge on any atom is 0.179 e. The van der Waals surface area contributed by atoms with E-state index >= 15 is 0 Å². The monoisotopic (exact) mass is 294 g/mol. The smallest absolute Gasteiger partial charge is 0.179 e. The van der Waals surface area contributed by atoms with Crippen molar-refractivity contribution in [1.82, 2.24) is 0 Å². The fourth-order valence-electron chi connectivity index (χ4n) is 1.04. The second kappa shape index (κ2) is 4.40. The number of rotatable bonds is 3. The van der Waals surface area contributed by atoms with Gasteiger partial charge >= 0.3 is 0 Å². The molecule has 0 saturated carbocycles. The number of benzene rings is 1. The van der Waals surface area contributed by atoms with Crippen molar-refractivity contribution in [2.45, 2.75) is 0 Å². The molecule has 15 heavy (non-hydrogen) atoms. The highest BCUT2D eigenvalue weighted by atomic mass is 79.9. The summed E-state index contributed by atoms with van der Waals surface area (Å²) in [6, 6.07) is 3.91. The molecular weight excluding hydrogens is 287 g/mol. The van der Waals surface area contributed by atoms with Crippen LogP contribution in [0.3, 0.4) is 0 Å². The Hall–Kier alpha value is -0.750. The van der Waals surface area contributed by atoms with Crippen molar-refractivity contribution in [3.63, 3.8) is 0 Å². The molecule has 0 radical (unpaired) electrons. The van der Waals surface area contributed by atoms with Gasteiger partial charge in [0.25, 0.3) is 0 Å². The van der Waals surface area contributed by atoms with Crippen LogP contribution in [0.5, 0.6) is 0 Å². The summed E-state index contributed by atoms with van der Waals surface area (Å²) in [5.41, 5.74) is 0.0421. The van der Waals surface area contributed by atoms with Crippen LogP contribution in [0.1, 0.15) is 10.4 Å². The van der Waals surface area contributed by atoms with Gasteiger partial charge in [0.2, 0.25) is 0 Å². The molecule has 3 nitrogen and oxygen atoms in total. The van der Waals surface area contributed by atoms with E-state index < -0.39 is 27.2 Å². The first kappa shape index (κ1) is 12.3. The SMILES string of the molecule is CS(=O)(=O)CC(=O)c1cccc(F)c1Br. The average Bonchev–Trinajstić information content (AvgIpc) is 2.06. The third-order valence-corrected chi connectivity index (χ3v) is 3.24. The van der Waals surface area contributed by atoms with Crippen LogP contribution in [-0.4, -0.2) is 26.2 Å². The van der Waals surface area contributed by atoms with Crippen LogP contribution in [0.4, 0.5) is 4.39 Å². The quantitative estimate of drug-likeness (QED) is 0.799. The van der Waals surface area contributed by atoms with E-state index in [0.717, 1.165) is 6.26 Å². The maximum absolute atomic E-state index is 13.0. The molecule has 0 aliphatic heterocycles. The van der Waals surface area contributed by atoms with Gasteiger partial charge in [-0.1, -0.05) is 12.1 Å². The van der Waals surface area contributed by atoms with Gasteiger partial charge in [-0.2, -0.15) is 0 Å². The summed E-state index contributed by atoms with van der Waals surface area (Å²) in [4.78, 5) is 11.5. The Morgan fingerprint density at radius 1 is 1.47 bits per heavy atom. The van der Waals surface area contributed by atoms with E-state index in [1.165, 1.54) is 18.2 Å². The lowest BCUT2D eigenvalue weighted by Gasteiger charge is -2.03. The molecule has 0 aromatic heterocycles. The molecule has 0 atom stereocenters. The van der Waals surface area contributed by atoms with E-state index in [4.69, 9.17) is 0 Å². The summed E-state index contributed by atoms with van der Waals surface area (Å²) in [5, 5.41) is 0. The van der Waals surface area contributed by atoms with Crippen molar-refractivity contribution >= 4 is 31.6 Å². The van der Waals surface area contributed by atoms with Crippen LogP contribution < -0.4 is 0 Å². The molecule has 0 bridgehead atoms. The molecule has 0 saturated heterocycles. The third kappa shape index (κ3) is 3.39. The second-order valence-electron chi connectivity index (χ2n) is 3.09. The Kier molecular flexibility index (Phi) is 3.62. The highest BCUT2D eigenvalue weighted by Gasteiger charge is 2.17. The minimum Gasteiger partial charge on any atom is -0.293 e. The van der Waals surface area contributed by atoms with E-state index in [9.17, 15) is 17.6 Å². The predicted molar refractivity (Wildman–Crippen MR) is 58.1 cm³/mol. The number of carbonyl (C=O) groups is 1. The summed E-state index contributed by atoms with van der Waals surface area (Å²) in [5.74, 6) is -1.83. The average molecular weight is 295 g/mol. The number of sulfone groups is 1. The molecule has 82 valence electrons. The molecule has 0 unspecified atom stereocenters. The molecule has 1 aromatic carbocycles. The Morgan fingerprint density at radius 2 is 2.07 bits per heavy atom. The molecule has 0 aliphatic rings. The Bertz CT molecular complexity index is 496. The number of halogens is 2. The van der Waals surface area contributed by atoms with Crippen molar-refractivity contribution in [1.29, 1.82) is 0 Å². The molecular formula is C9H8BrFO3S. The number of carbonyl (C=O) groups excluding carboxylic acids is 1. The molecule has 0 heterocycles. The predicted octanol–water partition coefficient (Wildman–Crippen LogP) is 1.82. The zero-order valence-corrected chi connectivity index (χ0v) is 10.2. The van der Waals surface area contributed by atoms with Crippen molar-refractivity contribution in [2.24, 2.45) is 0 Å². The highest BCUT2D eigenvalue weighted by molar-refractivity contribution is 9.10. The topological polar surface area (TPSA) is 51.2 Å². The van der Waals surface area contributed by atoms with Crippen LogP contribution in [0, 0.1) is 5.82 Å². The van der Waals surface area contributed by atoms with Gasteiger partial charge in [-0.3, -0.25) is 4.79 Å². The molecule has 1 aromatic rings. The molecule has 0 fully saturated rings. The van der Waals surface area contributed by atoms with Crippen LogP contribution in [0.15, 0.2) is 22.7 Å². The van der Waals surface area contributed by atoms with Gasteiger partial charge in [-0.05, 0) is 22.0 Å². The summed E-state index contributed by atoms with van der Waals surface area (Å²) in [6.07, 6.45) is 0.956. The van der Waals surface area contributed by atoms with Crippen molar-refractivity contribution in [3.8, 4) is 0 Å². The largest absolute Gasteiger partial charge is 0.293 e. The normalized spacial score (nSPS) is 11.4. The molecule has 0 amide bonds. The van der Waals surface area contributed by atoms with Gasteiger partial charge in [0.15, 0.2) is 15.6 Å². The van der Waals surface area contributed by atoms with E-state index in [-0.39, 0.29) is 10.0 Å². The minimum atomic E-state index is -3.39. The van der Waals surface area contributed by atoms with Crippen LogP contribution in [0.25, 0.3) is 0 Å². The first-order chi connectivity index (χ1) is 6.81. The summed E-state index contributed by atoms with van der Waals surface area (Å²) >= 11 is 2.90. The number of ketones is 1. The van der Waals surface area contributed by atoms with Gasteiger partial charge < -0.3 is 0 Å². The zero-order chi connectivity index (χ0) is 11.6. The molecule has 6 heteroatoms. The lowest BCUT2D eigenvalue weighted by atomic mass is 10.1. The van der Waals surface area contributed by atoms with Gasteiger partial charge in [-0.15, -0.1) is 0 Å². The van der Waals surface area contributed by atoms with E-state index in [2.05, 4.69) is 15.9 Å². The lowest BCUT2D eigenvalue weighted by molar-refractivity contribution is 0.102. The summed E-state index contributed by atoms with van der Waals surface area (Å²) in [6.45, 7) is 0. The van der Waals surface area contributed by atoms with Gasteiger partial charge in [0.1, 0.15) is 11.6 Å². The fourth-order valence-corrected chi connectivity index (χ4v) is 2.15. The first-order valence-corrected chi connectivity index (χ1v) is 6.81.